The molecule has 1 saturated heterocycles. The van der Waals surface area contributed by atoms with Crippen molar-refractivity contribution in [2.75, 3.05) is 29.9 Å². The second-order valence-electron chi connectivity index (χ2n) is 8.02. The topological polar surface area (TPSA) is 96.3 Å². The van der Waals surface area contributed by atoms with E-state index in [1.807, 2.05) is 30.5 Å². The molecule has 2 N–H and O–H groups in total. The summed E-state index contributed by atoms with van der Waals surface area (Å²) in [4.78, 5) is 19.8. The van der Waals surface area contributed by atoms with E-state index in [0.717, 1.165) is 41.2 Å². The van der Waals surface area contributed by atoms with Gasteiger partial charge in [0.15, 0.2) is 5.65 Å². The molecule has 30 heavy (non-hydrogen) atoms. The lowest BCUT2D eigenvalue weighted by atomic mass is 10.1. The summed E-state index contributed by atoms with van der Waals surface area (Å²) in [5.41, 5.74) is 3.91. The number of para-hydroxylation sites is 2. The monoisotopic (exact) mass is 406 g/mol. The molecule has 0 aliphatic carbocycles. The molecule has 1 atom stereocenters. The summed E-state index contributed by atoms with van der Waals surface area (Å²) in [7, 11) is 0. The van der Waals surface area contributed by atoms with E-state index in [-0.39, 0.29) is 6.10 Å². The van der Waals surface area contributed by atoms with Crippen molar-refractivity contribution >= 4 is 28.6 Å². The lowest BCUT2D eigenvalue weighted by Gasteiger charge is -2.31. The first kappa shape index (κ1) is 18.8. The maximum Gasteiger partial charge on any atom is 0.230 e. The van der Waals surface area contributed by atoms with Crippen molar-refractivity contribution in [3.63, 3.8) is 0 Å². The maximum atomic E-state index is 5.69. The lowest BCUT2D eigenvalue weighted by molar-refractivity contribution is 0.0526. The zero-order chi connectivity index (χ0) is 20.7. The van der Waals surface area contributed by atoms with Crippen LogP contribution in [0.1, 0.15) is 38.1 Å². The number of rotatable bonds is 5. The molecule has 9 nitrogen and oxygen atoms in total. The van der Waals surface area contributed by atoms with Crippen molar-refractivity contribution in [3.05, 3.63) is 41.9 Å². The van der Waals surface area contributed by atoms with Crippen LogP contribution in [0.5, 0.6) is 0 Å². The van der Waals surface area contributed by atoms with Crippen LogP contribution in [0.3, 0.4) is 0 Å². The molecule has 0 saturated carbocycles. The van der Waals surface area contributed by atoms with E-state index in [1.54, 1.807) is 4.52 Å². The molecule has 1 fully saturated rings. The number of aromatic amines is 1. The number of morpholine rings is 1. The van der Waals surface area contributed by atoms with Gasteiger partial charge in [0.05, 0.1) is 36.5 Å². The predicted octanol–water partition coefficient (Wildman–Crippen LogP) is 2.96. The molecule has 156 valence electrons. The van der Waals surface area contributed by atoms with E-state index in [2.05, 4.69) is 46.1 Å². The molecule has 4 aromatic rings. The predicted molar refractivity (Wildman–Crippen MR) is 116 cm³/mol. The fourth-order valence-electron chi connectivity index (χ4n) is 3.80. The summed E-state index contributed by atoms with van der Waals surface area (Å²) in [5.74, 6) is 2.52. The Morgan fingerprint density at radius 1 is 1.23 bits per heavy atom. The van der Waals surface area contributed by atoms with Gasteiger partial charge in [-0.1, -0.05) is 26.0 Å². The average molecular weight is 406 g/mol. The molecular weight excluding hydrogens is 380 g/mol. The molecule has 4 heterocycles. The first-order valence-electron chi connectivity index (χ1n) is 10.4. The summed E-state index contributed by atoms with van der Waals surface area (Å²) >= 11 is 0. The van der Waals surface area contributed by atoms with Gasteiger partial charge in [-0.05, 0) is 25.0 Å². The normalized spacial score (nSPS) is 17.3. The van der Waals surface area contributed by atoms with Crippen molar-refractivity contribution in [1.29, 1.82) is 0 Å². The molecule has 1 aliphatic rings. The third kappa shape index (κ3) is 3.45. The quantitative estimate of drug-likeness (QED) is 0.526. The van der Waals surface area contributed by atoms with Crippen LogP contribution in [-0.4, -0.2) is 55.4 Å². The van der Waals surface area contributed by atoms with Crippen LogP contribution >= 0.6 is 0 Å². The molecule has 5 rings (SSSR count). The fraction of sp³-hybridized carbons (Fsp3) is 0.429. The second kappa shape index (κ2) is 7.56. The van der Waals surface area contributed by atoms with Gasteiger partial charge < -0.3 is 19.9 Å². The van der Waals surface area contributed by atoms with E-state index in [1.165, 1.54) is 0 Å². The van der Waals surface area contributed by atoms with Gasteiger partial charge in [-0.25, -0.2) is 4.98 Å². The van der Waals surface area contributed by atoms with Crippen LogP contribution in [0.15, 0.2) is 30.5 Å². The Labute approximate surface area is 174 Å². The Balaban J connectivity index is 1.50. The van der Waals surface area contributed by atoms with Gasteiger partial charge in [-0.15, -0.1) is 0 Å². The van der Waals surface area contributed by atoms with Gasteiger partial charge in [-0.2, -0.15) is 19.6 Å². The molecule has 0 radical (unpaired) electrons. The molecule has 9 heteroatoms. The number of ether oxygens (including phenoxy) is 1. The minimum absolute atomic E-state index is 0.153. The Hall–Kier alpha value is -3.20. The maximum absolute atomic E-state index is 5.69. The minimum atomic E-state index is 0.153. The number of nitrogens with zero attached hydrogens (tertiary/aromatic N) is 6. The van der Waals surface area contributed by atoms with Gasteiger partial charge in [0.1, 0.15) is 5.82 Å². The van der Waals surface area contributed by atoms with Crippen LogP contribution in [-0.2, 0) is 11.3 Å². The highest BCUT2D eigenvalue weighted by molar-refractivity contribution is 5.74. The van der Waals surface area contributed by atoms with Crippen LogP contribution in [0.25, 0.3) is 16.7 Å². The smallest absolute Gasteiger partial charge is 0.230 e. The van der Waals surface area contributed by atoms with Crippen LogP contribution < -0.4 is 10.2 Å². The molecule has 0 bridgehead atoms. The Bertz CT molecular complexity index is 1150. The minimum Gasteiger partial charge on any atom is -0.375 e. The summed E-state index contributed by atoms with van der Waals surface area (Å²) in [6.07, 6.45) is 2.03. The van der Waals surface area contributed by atoms with E-state index in [0.29, 0.717) is 31.0 Å². The van der Waals surface area contributed by atoms with E-state index in [4.69, 9.17) is 14.7 Å². The summed E-state index contributed by atoms with van der Waals surface area (Å²) in [5, 5.41) is 7.96. The number of benzene rings is 1. The molecule has 0 unspecified atom stereocenters. The SMILES string of the molecule is CC(C)c1cnn2c(NCc3nc4ccccc4[nH]3)nc(N3CCO[C@@H](C)C3)nc12. The fourth-order valence-corrected chi connectivity index (χ4v) is 3.80. The number of aromatic nitrogens is 6. The van der Waals surface area contributed by atoms with Crippen LogP contribution in [0, 0.1) is 0 Å². The second-order valence-corrected chi connectivity index (χ2v) is 8.02. The van der Waals surface area contributed by atoms with Crippen molar-refractivity contribution in [2.24, 2.45) is 0 Å². The summed E-state index contributed by atoms with van der Waals surface area (Å²) in [6, 6.07) is 8.01. The number of imidazole rings is 1. The highest BCUT2D eigenvalue weighted by Crippen LogP contribution is 2.24. The number of fused-ring (bicyclic) bond motifs is 2. The first-order chi connectivity index (χ1) is 14.6. The van der Waals surface area contributed by atoms with Crippen molar-refractivity contribution in [3.8, 4) is 0 Å². The first-order valence-corrected chi connectivity index (χ1v) is 10.4. The molecule has 1 aromatic carbocycles. The number of hydrogen-bond acceptors (Lipinski definition) is 7. The highest BCUT2D eigenvalue weighted by atomic mass is 16.5. The molecule has 1 aliphatic heterocycles. The Kier molecular flexibility index (Phi) is 4.74. The number of nitrogens with one attached hydrogen (secondary N) is 2. The molecular formula is C21H26N8O. The number of H-pyrrole nitrogens is 1. The summed E-state index contributed by atoms with van der Waals surface area (Å²) in [6.45, 7) is 9.10. The van der Waals surface area contributed by atoms with E-state index < -0.39 is 0 Å². The van der Waals surface area contributed by atoms with E-state index >= 15 is 0 Å². The van der Waals surface area contributed by atoms with Crippen LogP contribution in [0.4, 0.5) is 11.9 Å². The largest absolute Gasteiger partial charge is 0.375 e. The third-order valence-electron chi connectivity index (χ3n) is 5.38. The van der Waals surface area contributed by atoms with Crippen LogP contribution in [0.2, 0.25) is 0 Å². The van der Waals surface area contributed by atoms with E-state index in [9.17, 15) is 0 Å². The van der Waals surface area contributed by atoms with Gasteiger partial charge in [-0.3, -0.25) is 0 Å². The van der Waals surface area contributed by atoms with Gasteiger partial charge in [0.2, 0.25) is 11.9 Å². The lowest BCUT2D eigenvalue weighted by Crippen LogP contribution is -2.42. The number of anilines is 2. The molecule has 3 aromatic heterocycles. The standard InChI is InChI=1S/C21H26N8O/c1-13(2)15-10-23-29-19(15)26-21(28-8-9-30-14(3)12-28)27-20(29)22-11-18-24-16-6-4-5-7-17(16)25-18/h4-7,10,13-14H,8-9,11-12H2,1-3H3,(H,24,25)(H,22,26,27)/t14-/m0/s1. The Morgan fingerprint density at radius 3 is 2.90 bits per heavy atom. The van der Waals surface area contributed by atoms with Gasteiger partial charge in [0, 0.05) is 18.7 Å². The summed E-state index contributed by atoms with van der Waals surface area (Å²) < 4.78 is 7.47. The average Bonchev–Trinajstić information content (AvgIpc) is 3.35. The van der Waals surface area contributed by atoms with Gasteiger partial charge >= 0.3 is 0 Å². The van der Waals surface area contributed by atoms with Crippen molar-refractivity contribution < 1.29 is 4.74 Å². The zero-order valence-corrected chi connectivity index (χ0v) is 17.5. The molecule has 0 amide bonds. The highest BCUT2D eigenvalue weighted by Gasteiger charge is 2.22. The zero-order valence-electron chi connectivity index (χ0n) is 17.5. The number of hydrogen-bond donors (Lipinski definition) is 2. The van der Waals surface area contributed by atoms with Gasteiger partial charge in [0.25, 0.3) is 0 Å². The molecule has 0 spiro atoms. The Morgan fingerprint density at radius 2 is 2.10 bits per heavy atom. The third-order valence-corrected chi connectivity index (χ3v) is 5.38. The van der Waals surface area contributed by atoms with Crippen molar-refractivity contribution in [1.82, 2.24) is 29.5 Å². The van der Waals surface area contributed by atoms with Crippen molar-refractivity contribution in [2.45, 2.75) is 39.3 Å².